The first-order valence-electron chi connectivity index (χ1n) is 9.74. The Kier molecular flexibility index (Phi) is 9.19. The van der Waals surface area contributed by atoms with Crippen molar-refractivity contribution in [3.63, 3.8) is 0 Å². The molecule has 0 aliphatic heterocycles. The van der Waals surface area contributed by atoms with Gasteiger partial charge >= 0.3 is 0 Å². The van der Waals surface area contributed by atoms with Crippen LogP contribution in [-0.4, -0.2) is 57.0 Å². The minimum absolute atomic E-state index is 0.326. The van der Waals surface area contributed by atoms with Gasteiger partial charge < -0.3 is 28.4 Å². The molecule has 1 N–H and O–H groups in total. The lowest BCUT2D eigenvalue weighted by Crippen LogP contribution is -2.26. The zero-order chi connectivity index (χ0) is 25.3. The van der Waals surface area contributed by atoms with Gasteiger partial charge in [0.05, 0.1) is 59.2 Å². The van der Waals surface area contributed by atoms with Crippen molar-refractivity contribution >= 4 is 28.1 Å². The van der Waals surface area contributed by atoms with E-state index >= 15 is 0 Å². The van der Waals surface area contributed by atoms with Gasteiger partial charge in [-0.3, -0.25) is 4.79 Å². The number of rotatable bonds is 11. The summed E-state index contributed by atoms with van der Waals surface area (Å²) in [6, 6.07) is 6.36. The summed E-state index contributed by atoms with van der Waals surface area (Å²) in [7, 11) is 4.57. The predicted molar refractivity (Wildman–Crippen MR) is 127 cm³/mol. The number of carbonyl (C=O) groups is 1. The van der Waals surface area contributed by atoms with Gasteiger partial charge in [0.25, 0.3) is 15.9 Å². The van der Waals surface area contributed by atoms with E-state index in [0.29, 0.717) is 45.6 Å². The molecule has 0 radical (unpaired) electrons. The standard InChI is InChI=1S/C23H27NO9S/c1-28-15-11-19(30-3)17(20(12-15)31-4)7-8-23(25)24-34(26,27)10-9-18-21(32-5)13-16(29-2)14-22(18)33-6/h7-14H,1-6H3,(H,24,25). The molecule has 0 spiro atoms. The Labute approximate surface area is 198 Å². The monoisotopic (exact) mass is 493 g/mol. The quantitative estimate of drug-likeness (QED) is 0.471. The maximum atomic E-state index is 12.5. The minimum atomic E-state index is -4.15. The molecular formula is C23H27NO9S. The van der Waals surface area contributed by atoms with E-state index in [1.165, 1.54) is 54.8 Å². The van der Waals surface area contributed by atoms with Gasteiger partial charge in [-0.2, -0.15) is 0 Å². The number of nitrogens with one attached hydrogen (secondary N) is 1. The zero-order valence-electron chi connectivity index (χ0n) is 19.7. The average Bonchev–Trinajstić information content (AvgIpc) is 2.84. The third-order valence-electron chi connectivity index (χ3n) is 4.56. The van der Waals surface area contributed by atoms with E-state index in [1.54, 1.807) is 24.3 Å². The summed E-state index contributed by atoms with van der Waals surface area (Å²) in [6.07, 6.45) is 3.68. The van der Waals surface area contributed by atoms with Crippen LogP contribution in [0.1, 0.15) is 11.1 Å². The Morgan fingerprint density at radius 3 is 1.41 bits per heavy atom. The van der Waals surface area contributed by atoms with Crippen LogP contribution in [0.25, 0.3) is 12.2 Å². The maximum Gasteiger partial charge on any atom is 0.257 e. The molecule has 0 unspecified atom stereocenters. The summed E-state index contributed by atoms with van der Waals surface area (Å²) < 4.78 is 58.4. The highest BCUT2D eigenvalue weighted by atomic mass is 32.2. The highest BCUT2D eigenvalue weighted by molar-refractivity contribution is 7.93. The third kappa shape index (κ3) is 6.58. The lowest BCUT2D eigenvalue weighted by molar-refractivity contribution is -0.114. The molecule has 1 amide bonds. The molecule has 0 aromatic heterocycles. The van der Waals surface area contributed by atoms with Crippen LogP contribution in [0, 0.1) is 0 Å². The molecule has 2 aromatic rings. The largest absolute Gasteiger partial charge is 0.496 e. The Hall–Kier alpha value is -3.86. The SMILES string of the molecule is COc1cc(OC)c(C=CC(=O)NS(=O)(=O)C=Cc2c(OC)cc(OC)cc2OC)c(OC)c1. The summed E-state index contributed by atoms with van der Waals surface area (Å²) in [5.41, 5.74) is 0.786. The molecule has 2 aromatic carbocycles. The van der Waals surface area contributed by atoms with Crippen molar-refractivity contribution in [2.24, 2.45) is 0 Å². The molecule has 34 heavy (non-hydrogen) atoms. The van der Waals surface area contributed by atoms with Gasteiger partial charge in [0.1, 0.15) is 34.5 Å². The van der Waals surface area contributed by atoms with Gasteiger partial charge in [-0.1, -0.05) is 0 Å². The zero-order valence-corrected chi connectivity index (χ0v) is 20.5. The Balaban J connectivity index is 2.27. The fourth-order valence-electron chi connectivity index (χ4n) is 2.92. The van der Waals surface area contributed by atoms with Gasteiger partial charge in [0.15, 0.2) is 0 Å². The number of hydrogen-bond donors (Lipinski definition) is 1. The predicted octanol–water partition coefficient (Wildman–Crippen LogP) is 2.87. The highest BCUT2D eigenvalue weighted by Crippen LogP contribution is 2.36. The number of hydrogen-bond acceptors (Lipinski definition) is 9. The molecule has 0 saturated heterocycles. The van der Waals surface area contributed by atoms with E-state index in [4.69, 9.17) is 28.4 Å². The van der Waals surface area contributed by atoms with Gasteiger partial charge in [-0.15, -0.1) is 0 Å². The van der Waals surface area contributed by atoms with Crippen LogP contribution in [0.2, 0.25) is 0 Å². The van der Waals surface area contributed by atoms with E-state index in [2.05, 4.69) is 0 Å². The number of ether oxygens (including phenoxy) is 6. The summed E-state index contributed by atoms with van der Waals surface area (Å²) in [5, 5.41) is 0.833. The molecule has 184 valence electrons. The Bertz CT molecular complexity index is 1140. The van der Waals surface area contributed by atoms with Gasteiger partial charge in [0.2, 0.25) is 0 Å². The van der Waals surface area contributed by atoms with E-state index < -0.39 is 15.9 Å². The molecular weight excluding hydrogens is 466 g/mol. The second-order valence-electron chi connectivity index (χ2n) is 6.54. The molecule has 0 heterocycles. The number of amides is 1. The fourth-order valence-corrected chi connectivity index (χ4v) is 3.65. The number of methoxy groups -OCH3 is 6. The molecule has 10 nitrogen and oxygen atoms in total. The lowest BCUT2D eigenvalue weighted by Gasteiger charge is -2.12. The molecule has 0 atom stereocenters. The number of benzene rings is 2. The van der Waals surface area contributed by atoms with Crippen LogP contribution in [0.4, 0.5) is 0 Å². The molecule has 0 bridgehead atoms. The van der Waals surface area contributed by atoms with Crippen molar-refractivity contribution < 1.29 is 41.6 Å². The van der Waals surface area contributed by atoms with Gasteiger partial charge in [0, 0.05) is 30.3 Å². The second-order valence-corrected chi connectivity index (χ2v) is 8.10. The first kappa shape index (κ1) is 26.4. The highest BCUT2D eigenvalue weighted by Gasteiger charge is 2.15. The summed E-state index contributed by atoms with van der Waals surface area (Å²) in [6.45, 7) is 0. The lowest BCUT2D eigenvalue weighted by atomic mass is 10.1. The summed E-state index contributed by atoms with van der Waals surface area (Å²) in [5.74, 6) is 1.49. The van der Waals surface area contributed by atoms with Gasteiger partial charge in [-0.05, 0) is 12.2 Å². The second kappa shape index (κ2) is 11.8. The normalized spacial score (nSPS) is 11.4. The van der Waals surface area contributed by atoms with E-state index in [1.807, 2.05) is 4.72 Å². The fraction of sp³-hybridized carbons (Fsp3) is 0.261. The van der Waals surface area contributed by atoms with Crippen molar-refractivity contribution in [1.29, 1.82) is 0 Å². The molecule has 0 aliphatic carbocycles. The molecule has 0 saturated carbocycles. The molecule has 11 heteroatoms. The number of carbonyl (C=O) groups excluding carboxylic acids is 1. The Morgan fingerprint density at radius 2 is 1.06 bits per heavy atom. The smallest absolute Gasteiger partial charge is 0.257 e. The van der Waals surface area contributed by atoms with E-state index in [-0.39, 0.29) is 0 Å². The van der Waals surface area contributed by atoms with Crippen molar-refractivity contribution in [2.75, 3.05) is 42.7 Å². The van der Waals surface area contributed by atoms with Crippen molar-refractivity contribution in [3.05, 3.63) is 46.9 Å². The first-order chi connectivity index (χ1) is 16.2. The molecule has 0 fully saturated rings. The van der Waals surface area contributed by atoms with Crippen molar-refractivity contribution in [3.8, 4) is 34.5 Å². The summed E-state index contributed by atoms with van der Waals surface area (Å²) >= 11 is 0. The third-order valence-corrected chi connectivity index (χ3v) is 5.54. The average molecular weight is 494 g/mol. The summed E-state index contributed by atoms with van der Waals surface area (Å²) in [4.78, 5) is 12.3. The van der Waals surface area contributed by atoms with E-state index in [9.17, 15) is 13.2 Å². The maximum absolute atomic E-state index is 12.5. The van der Waals surface area contributed by atoms with E-state index in [0.717, 1.165) is 11.5 Å². The number of sulfonamides is 1. The van der Waals surface area contributed by atoms with Crippen molar-refractivity contribution in [1.82, 2.24) is 4.72 Å². The van der Waals surface area contributed by atoms with Crippen LogP contribution in [0.15, 0.2) is 35.7 Å². The molecule has 0 aliphatic rings. The van der Waals surface area contributed by atoms with Crippen LogP contribution < -0.4 is 33.1 Å². The van der Waals surface area contributed by atoms with Crippen LogP contribution in [0.3, 0.4) is 0 Å². The topological polar surface area (TPSA) is 119 Å². The van der Waals surface area contributed by atoms with Crippen molar-refractivity contribution in [2.45, 2.75) is 0 Å². The Morgan fingerprint density at radius 1 is 0.676 bits per heavy atom. The van der Waals surface area contributed by atoms with Crippen LogP contribution in [-0.2, 0) is 14.8 Å². The first-order valence-corrected chi connectivity index (χ1v) is 11.3. The van der Waals surface area contributed by atoms with Crippen LogP contribution in [0.5, 0.6) is 34.5 Å². The van der Waals surface area contributed by atoms with Gasteiger partial charge in [-0.25, -0.2) is 13.1 Å². The molecule has 2 rings (SSSR count). The minimum Gasteiger partial charge on any atom is -0.496 e. The van der Waals surface area contributed by atoms with Crippen LogP contribution >= 0.6 is 0 Å².